The topological polar surface area (TPSA) is 77.2 Å². The van der Waals surface area contributed by atoms with E-state index in [1.54, 1.807) is 11.3 Å². The molecule has 0 aliphatic carbocycles. The Morgan fingerprint density at radius 2 is 2.20 bits per heavy atom. The van der Waals surface area contributed by atoms with E-state index in [1.165, 1.54) is 5.56 Å². The van der Waals surface area contributed by atoms with Crippen LogP contribution in [0.1, 0.15) is 18.9 Å². The van der Waals surface area contributed by atoms with Gasteiger partial charge in [0.15, 0.2) is 0 Å². The summed E-state index contributed by atoms with van der Waals surface area (Å²) in [7, 11) is 1.91. The van der Waals surface area contributed by atoms with Crippen LogP contribution in [0.15, 0.2) is 15.2 Å². The second-order valence-corrected chi connectivity index (χ2v) is 6.53. The molecule has 0 aliphatic rings. The molecule has 2 aromatic rings. The molecule has 2 N–H and O–H groups in total. The number of ether oxygens (including phenoxy) is 1. The van der Waals surface area contributed by atoms with Crippen molar-refractivity contribution in [1.82, 2.24) is 15.0 Å². The molecule has 8 heteroatoms. The van der Waals surface area contributed by atoms with Crippen LogP contribution in [0.4, 0.5) is 11.9 Å². The van der Waals surface area contributed by atoms with Gasteiger partial charge in [-0.1, -0.05) is 6.92 Å². The van der Waals surface area contributed by atoms with Crippen molar-refractivity contribution in [1.29, 1.82) is 0 Å². The summed E-state index contributed by atoms with van der Waals surface area (Å²) in [5.74, 6) is 0.672. The fraction of sp³-hybridized carbons (Fsp3) is 0.417. The minimum Gasteiger partial charge on any atom is -0.463 e. The fourth-order valence-electron chi connectivity index (χ4n) is 1.56. The van der Waals surface area contributed by atoms with Crippen molar-refractivity contribution in [2.45, 2.75) is 19.9 Å². The second kappa shape index (κ2) is 6.85. The summed E-state index contributed by atoms with van der Waals surface area (Å²) < 4.78 is 6.51. The molecule has 2 rings (SSSR count). The van der Waals surface area contributed by atoms with E-state index in [9.17, 15) is 0 Å². The zero-order valence-electron chi connectivity index (χ0n) is 11.3. The Labute approximate surface area is 130 Å². The van der Waals surface area contributed by atoms with Gasteiger partial charge in [-0.05, 0) is 39.4 Å². The number of hydrogen-bond acceptors (Lipinski definition) is 7. The average Bonchev–Trinajstić information content (AvgIpc) is 2.81. The third-order valence-electron chi connectivity index (χ3n) is 2.44. The van der Waals surface area contributed by atoms with Crippen LogP contribution in [0.3, 0.4) is 0 Å². The maximum absolute atomic E-state index is 5.69. The molecule has 2 aromatic heterocycles. The minimum absolute atomic E-state index is 0.166. The van der Waals surface area contributed by atoms with Crippen molar-refractivity contribution in [3.8, 4) is 6.01 Å². The molecule has 2 heterocycles. The molecule has 0 saturated carbocycles. The Morgan fingerprint density at radius 1 is 1.40 bits per heavy atom. The van der Waals surface area contributed by atoms with Crippen LogP contribution in [0.2, 0.25) is 0 Å². The van der Waals surface area contributed by atoms with Crippen LogP contribution >= 0.6 is 27.3 Å². The van der Waals surface area contributed by atoms with Crippen LogP contribution in [0.5, 0.6) is 6.01 Å². The molecule has 0 unspecified atom stereocenters. The number of halogens is 1. The van der Waals surface area contributed by atoms with E-state index < -0.39 is 0 Å². The van der Waals surface area contributed by atoms with E-state index in [4.69, 9.17) is 10.5 Å². The summed E-state index contributed by atoms with van der Waals surface area (Å²) in [6, 6.07) is 2.34. The number of nitrogen functional groups attached to an aromatic ring is 1. The van der Waals surface area contributed by atoms with Crippen molar-refractivity contribution in [2.24, 2.45) is 0 Å². The summed E-state index contributed by atoms with van der Waals surface area (Å²) >= 11 is 5.10. The number of nitrogens with zero attached hydrogens (tertiary/aromatic N) is 4. The van der Waals surface area contributed by atoms with Gasteiger partial charge in [-0.2, -0.15) is 15.0 Å². The molecule has 0 aromatic carbocycles. The highest BCUT2D eigenvalue weighted by atomic mass is 79.9. The lowest BCUT2D eigenvalue weighted by atomic mass is 10.3. The Kier molecular flexibility index (Phi) is 5.13. The molecule has 0 fully saturated rings. The molecule has 108 valence electrons. The maximum atomic E-state index is 5.69. The first-order valence-corrected chi connectivity index (χ1v) is 7.84. The van der Waals surface area contributed by atoms with E-state index in [1.807, 2.05) is 18.9 Å². The van der Waals surface area contributed by atoms with Gasteiger partial charge in [0.25, 0.3) is 0 Å². The van der Waals surface area contributed by atoms with Gasteiger partial charge in [-0.15, -0.1) is 11.3 Å². The zero-order chi connectivity index (χ0) is 14.5. The molecule has 20 heavy (non-hydrogen) atoms. The molecule has 0 spiro atoms. The highest BCUT2D eigenvalue weighted by molar-refractivity contribution is 9.11. The standard InChI is InChI=1S/C12H16BrN5OS/c1-3-4-19-12-16-10(14)15-11(17-12)18(2)6-8-5-9(13)20-7-8/h5,7H,3-4,6H2,1-2H3,(H2,14,15,16,17). The number of nitrogens with two attached hydrogens (primary N) is 1. The Bertz CT molecular complexity index is 577. The Hall–Kier alpha value is -1.41. The van der Waals surface area contributed by atoms with Crippen molar-refractivity contribution >= 4 is 39.2 Å². The van der Waals surface area contributed by atoms with E-state index in [2.05, 4.69) is 42.3 Å². The molecule has 0 aliphatic heterocycles. The third kappa shape index (κ3) is 4.04. The molecule has 0 bridgehead atoms. The SMILES string of the molecule is CCCOc1nc(N)nc(N(C)Cc2csc(Br)c2)n1. The van der Waals surface area contributed by atoms with Gasteiger partial charge in [-0.3, -0.25) is 0 Å². The van der Waals surface area contributed by atoms with Gasteiger partial charge in [0, 0.05) is 13.6 Å². The van der Waals surface area contributed by atoms with Crippen LogP contribution in [0, 0.1) is 0 Å². The smallest absolute Gasteiger partial charge is 0.323 e. The number of anilines is 2. The van der Waals surface area contributed by atoms with Crippen molar-refractivity contribution < 1.29 is 4.74 Å². The van der Waals surface area contributed by atoms with E-state index in [-0.39, 0.29) is 12.0 Å². The van der Waals surface area contributed by atoms with E-state index >= 15 is 0 Å². The van der Waals surface area contributed by atoms with Gasteiger partial charge in [0.1, 0.15) is 0 Å². The van der Waals surface area contributed by atoms with E-state index in [0.29, 0.717) is 19.1 Å². The summed E-state index contributed by atoms with van der Waals surface area (Å²) in [5.41, 5.74) is 6.87. The van der Waals surface area contributed by atoms with E-state index in [0.717, 1.165) is 10.2 Å². The first kappa shape index (κ1) is 15.0. The number of thiophene rings is 1. The summed E-state index contributed by atoms with van der Waals surface area (Å²) in [6.45, 7) is 3.27. The Morgan fingerprint density at radius 3 is 2.85 bits per heavy atom. The van der Waals surface area contributed by atoms with Crippen LogP contribution in [0.25, 0.3) is 0 Å². The van der Waals surface area contributed by atoms with Crippen LogP contribution < -0.4 is 15.4 Å². The van der Waals surface area contributed by atoms with Crippen molar-refractivity contribution in [3.05, 3.63) is 20.8 Å². The van der Waals surface area contributed by atoms with Crippen molar-refractivity contribution in [2.75, 3.05) is 24.3 Å². The number of hydrogen-bond donors (Lipinski definition) is 1. The summed E-state index contributed by atoms with van der Waals surface area (Å²) in [4.78, 5) is 14.3. The molecule has 0 atom stereocenters. The quantitative estimate of drug-likeness (QED) is 0.856. The highest BCUT2D eigenvalue weighted by Crippen LogP contribution is 2.22. The zero-order valence-corrected chi connectivity index (χ0v) is 13.7. The lowest BCUT2D eigenvalue weighted by Gasteiger charge is -2.16. The van der Waals surface area contributed by atoms with Crippen LogP contribution in [-0.2, 0) is 6.54 Å². The van der Waals surface area contributed by atoms with Gasteiger partial charge in [0.2, 0.25) is 11.9 Å². The summed E-state index contributed by atoms with van der Waals surface area (Å²) in [5, 5.41) is 2.08. The highest BCUT2D eigenvalue weighted by Gasteiger charge is 2.11. The molecular formula is C12H16BrN5OS. The molecule has 0 radical (unpaired) electrons. The average molecular weight is 358 g/mol. The number of rotatable bonds is 6. The molecule has 6 nitrogen and oxygen atoms in total. The van der Waals surface area contributed by atoms with Gasteiger partial charge in [0.05, 0.1) is 10.4 Å². The van der Waals surface area contributed by atoms with Gasteiger partial charge < -0.3 is 15.4 Å². The van der Waals surface area contributed by atoms with Crippen molar-refractivity contribution in [3.63, 3.8) is 0 Å². The maximum Gasteiger partial charge on any atom is 0.323 e. The predicted molar refractivity (Wildman–Crippen MR) is 84.2 cm³/mol. The molecule has 0 amide bonds. The second-order valence-electron chi connectivity index (χ2n) is 4.24. The normalized spacial score (nSPS) is 10.6. The van der Waals surface area contributed by atoms with Gasteiger partial charge >= 0.3 is 6.01 Å². The third-order valence-corrected chi connectivity index (χ3v) is 3.99. The Balaban J connectivity index is 2.12. The molecular weight excluding hydrogens is 342 g/mol. The predicted octanol–water partition coefficient (Wildman–Crippen LogP) is 2.70. The minimum atomic E-state index is 0.166. The first-order valence-electron chi connectivity index (χ1n) is 6.17. The summed E-state index contributed by atoms with van der Waals surface area (Å²) in [6.07, 6.45) is 0.889. The lowest BCUT2D eigenvalue weighted by molar-refractivity contribution is 0.292. The monoisotopic (exact) mass is 357 g/mol. The molecule has 0 saturated heterocycles. The lowest BCUT2D eigenvalue weighted by Crippen LogP contribution is -2.20. The number of aromatic nitrogens is 3. The fourth-order valence-corrected chi connectivity index (χ4v) is 2.76. The van der Waals surface area contributed by atoms with Crippen LogP contribution in [-0.4, -0.2) is 28.6 Å². The largest absolute Gasteiger partial charge is 0.463 e. The van der Waals surface area contributed by atoms with Gasteiger partial charge in [-0.25, -0.2) is 0 Å². The first-order chi connectivity index (χ1) is 9.58.